The molecule has 3 saturated carbocycles. The van der Waals surface area contributed by atoms with Gasteiger partial charge in [0.15, 0.2) is 11.6 Å². The summed E-state index contributed by atoms with van der Waals surface area (Å²) in [6.45, 7) is 7.33. The van der Waals surface area contributed by atoms with Crippen molar-refractivity contribution >= 4 is 34.4 Å². The van der Waals surface area contributed by atoms with Crippen LogP contribution in [0.2, 0.25) is 0 Å². The highest BCUT2D eigenvalue weighted by atomic mass is 16.5. The lowest BCUT2D eigenvalue weighted by atomic mass is 9.66. The van der Waals surface area contributed by atoms with Gasteiger partial charge in [-0.2, -0.15) is 0 Å². The number of benzene rings is 1. The lowest BCUT2D eigenvalue weighted by Crippen LogP contribution is -2.40. The van der Waals surface area contributed by atoms with Gasteiger partial charge in [-0.05, 0) is 73.6 Å². The fraction of sp³-hybridized carbons (Fsp3) is 0.455. The molecule has 8 rings (SSSR count). The zero-order valence-electron chi connectivity index (χ0n) is 24.8. The number of nitrogen functional groups attached to an aromatic ring is 1. The smallest absolute Gasteiger partial charge is 0.230 e. The van der Waals surface area contributed by atoms with Gasteiger partial charge in [-0.25, -0.2) is 19.9 Å². The number of aromatic nitrogens is 5. The molecule has 4 aliphatic rings. The Morgan fingerprint density at radius 3 is 2.58 bits per heavy atom. The Kier molecular flexibility index (Phi) is 7.17. The van der Waals surface area contributed by atoms with Crippen molar-refractivity contribution < 1.29 is 9.53 Å². The van der Waals surface area contributed by atoms with Crippen molar-refractivity contribution in [2.75, 3.05) is 42.3 Å². The maximum absolute atomic E-state index is 13.8. The van der Waals surface area contributed by atoms with Crippen molar-refractivity contribution in [2.24, 2.45) is 23.2 Å². The van der Waals surface area contributed by atoms with Gasteiger partial charge in [-0.3, -0.25) is 9.78 Å². The molecule has 3 aromatic heterocycles. The number of morpholine rings is 1. The van der Waals surface area contributed by atoms with Crippen LogP contribution in [0.25, 0.3) is 33.5 Å². The van der Waals surface area contributed by atoms with Crippen molar-refractivity contribution in [3.63, 3.8) is 0 Å². The van der Waals surface area contributed by atoms with E-state index in [0.717, 1.165) is 59.8 Å². The van der Waals surface area contributed by atoms with E-state index in [1.54, 1.807) is 12.4 Å². The van der Waals surface area contributed by atoms with Crippen LogP contribution in [-0.4, -0.2) is 57.1 Å². The molecule has 4 atom stereocenters. The number of carbonyl (C=O) groups is 1. The van der Waals surface area contributed by atoms with E-state index in [9.17, 15) is 4.79 Å². The van der Waals surface area contributed by atoms with Gasteiger partial charge in [0.25, 0.3) is 0 Å². The molecular formula is C33H38N8O2. The fourth-order valence-corrected chi connectivity index (χ4v) is 7.51. The van der Waals surface area contributed by atoms with Gasteiger partial charge >= 0.3 is 0 Å². The van der Waals surface area contributed by atoms with E-state index in [4.69, 9.17) is 25.4 Å². The van der Waals surface area contributed by atoms with Gasteiger partial charge in [0.05, 0.1) is 29.7 Å². The first-order valence-corrected chi connectivity index (χ1v) is 15.4. The summed E-state index contributed by atoms with van der Waals surface area (Å²) in [6, 6.07) is 10.1. The number of nitrogens with one attached hydrogen (secondary N) is 1. The zero-order chi connectivity index (χ0) is 29.6. The van der Waals surface area contributed by atoms with Gasteiger partial charge in [0.2, 0.25) is 11.9 Å². The molecule has 4 aromatic rings. The normalized spacial score (nSPS) is 25.4. The van der Waals surface area contributed by atoms with Crippen LogP contribution in [0.3, 0.4) is 0 Å². The third-order valence-corrected chi connectivity index (χ3v) is 9.65. The second-order valence-electron chi connectivity index (χ2n) is 12.7. The van der Waals surface area contributed by atoms with Crippen molar-refractivity contribution in [2.45, 2.75) is 46.0 Å². The number of hydrogen-bond acceptors (Lipinski definition) is 9. The van der Waals surface area contributed by atoms with Gasteiger partial charge in [0, 0.05) is 42.9 Å². The number of rotatable bonds is 5. The molecule has 3 aliphatic carbocycles. The Balaban J connectivity index is 1.22. The number of amides is 1. The van der Waals surface area contributed by atoms with E-state index in [1.807, 2.05) is 36.5 Å². The minimum Gasteiger partial charge on any atom is -0.378 e. The second kappa shape index (κ2) is 11.1. The predicted molar refractivity (Wildman–Crippen MR) is 167 cm³/mol. The molecule has 0 spiro atoms. The highest BCUT2D eigenvalue weighted by Crippen LogP contribution is 2.53. The minimum atomic E-state index is -0.276. The Morgan fingerprint density at radius 1 is 1.00 bits per heavy atom. The number of fused-ring (bicyclic) bond motifs is 5. The van der Waals surface area contributed by atoms with Gasteiger partial charge in [-0.15, -0.1) is 0 Å². The summed E-state index contributed by atoms with van der Waals surface area (Å²) in [4.78, 5) is 38.9. The maximum Gasteiger partial charge on any atom is 0.230 e. The van der Waals surface area contributed by atoms with Crippen molar-refractivity contribution in [1.82, 2.24) is 24.9 Å². The molecular weight excluding hydrogens is 540 g/mol. The number of nitrogens with zero attached hydrogens (tertiary/aromatic N) is 6. The highest BCUT2D eigenvalue weighted by Gasteiger charge is 2.48. The Labute approximate surface area is 251 Å². The molecule has 43 heavy (non-hydrogen) atoms. The number of pyridine rings is 1. The van der Waals surface area contributed by atoms with Crippen LogP contribution in [0.15, 0.2) is 48.9 Å². The van der Waals surface area contributed by atoms with Crippen LogP contribution < -0.4 is 16.0 Å². The third-order valence-electron chi connectivity index (χ3n) is 9.65. The summed E-state index contributed by atoms with van der Waals surface area (Å²) in [5, 5.41) is 3.30. The Bertz CT molecular complexity index is 1650. The number of anilines is 3. The van der Waals surface area contributed by atoms with Crippen LogP contribution in [0.1, 0.15) is 46.0 Å². The van der Waals surface area contributed by atoms with Crippen LogP contribution in [0, 0.1) is 23.2 Å². The first-order valence-electron chi connectivity index (χ1n) is 15.4. The Morgan fingerprint density at radius 2 is 1.79 bits per heavy atom. The standard InChI is InChI=1S/C33H38N8O2/c1-20-12-22-6-7-33(15-20,16-21(22)2)31(42)38-26-5-3-4-23(13-26)24-14-27-28(35-17-24)30(41-8-10-43-11-9-41)40-29(39-27)25-18-36-32(34)37-19-25/h3-5,13-14,17-22H,6-12,15-16H2,1-2H3,(H,38,42)(H2,34,36,37). The average molecular weight is 579 g/mol. The summed E-state index contributed by atoms with van der Waals surface area (Å²) < 4.78 is 5.58. The maximum atomic E-state index is 13.8. The number of hydrogen-bond donors (Lipinski definition) is 2. The average Bonchev–Trinajstić information content (AvgIpc) is 3.27. The molecule has 4 heterocycles. The summed E-state index contributed by atoms with van der Waals surface area (Å²) in [5.74, 6) is 3.55. The topological polar surface area (TPSA) is 132 Å². The molecule has 3 N–H and O–H groups in total. The summed E-state index contributed by atoms with van der Waals surface area (Å²) in [6.07, 6.45) is 10.5. The fourth-order valence-electron chi connectivity index (χ4n) is 7.51. The molecule has 1 aliphatic heterocycles. The zero-order valence-corrected chi connectivity index (χ0v) is 24.8. The van der Waals surface area contributed by atoms with Gasteiger partial charge in [-0.1, -0.05) is 26.0 Å². The van der Waals surface area contributed by atoms with E-state index < -0.39 is 0 Å². The lowest BCUT2D eigenvalue weighted by molar-refractivity contribution is -0.129. The largest absolute Gasteiger partial charge is 0.378 e. The van der Waals surface area contributed by atoms with Crippen LogP contribution in [0.5, 0.6) is 0 Å². The molecule has 1 saturated heterocycles. The third kappa shape index (κ3) is 5.40. The predicted octanol–water partition coefficient (Wildman–Crippen LogP) is 5.36. The molecule has 10 heteroatoms. The number of carbonyl (C=O) groups excluding carboxylic acids is 1. The van der Waals surface area contributed by atoms with E-state index in [2.05, 4.69) is 34.0 Å². The summed E-state index contributed by atoms with van der Waals surface area (Å²) in [7, 11) is 0. The first-order chi connectivity index (χ1) is 20.9. The highest BCUT2D eigenvalue weighted by molar-refractivity contribution is 5.96. The minimum absolute atomic E-state index is 0.165. The van der Waals surface area contributed by atoms with Crippen molar-refractivity contribution in [3.8, 4) is 22.5 Å². The molecule has 0 radical (unpaired) electrons. The van der Waals surface area contributed by atoms with Crippen LogP contribution in [0.4, 0.5) is 17.5 Å². The van der Waals surface area contributed by atoms with E-state index in [1.165, 1.54) is 6.42 Å². The monoisotopic (exact) mass is 578 g/mol. The van der Waals surface area contributed by atoms with E-state index in [0.29, 0.717) is 55.0 Å². The summed E-state index contributed by atoms with van der Waals surface area (Å²) >= 11 is 0. The van der Waals surface area contributed by atoms with E-state index in [-0.39, 0.29) is 17.3 Å². The first kappa shape index (κ1) is 27.6. The van der Waals surface area contributed by atoms with Gasteiger partial charge < -0.3 is 20.7 Å². The molecule has 2 bridgehead atoms. The van der Waals surface area contributed by atoms with Crippen molar-refractivity contribution in [3.05, 3.63) is 48.9 Å². The molecule has 1 amide bonds. The number of ether oxygens (including phenoxy) is 1. The molecule has 222 valence electrons. The lowest BCUT2D eigenvalue weighted by Gasteiger charge is -2.39. The van der Waals surface area contributed by atoms with Gasteiger partial charge in [0.1, 0.15) is 5.52 Å². The quantitative estimate of drug-likeness (QED) is 0.321. The van der Waals surface area contributed by atoms with Crippen LogP contribution >= 0.6 is 0 Å². The molecule has 1 aromatic carbocycles. The van der Waals surface area contributed by atoms with Crippen molar-refractivity contribution in [1.29, 1.82) is 0 Å². The van der Waals surface area contributed by atoms with Crippen LogP contribution in [-0.2, 0) is 9.53 Å². The Hall–Kier alpha value is -4.18. The molecule has 4 fully saturated rings. The summed E-state index contributed by atoms with van der Waals surface area (Å²) in [5.41, 5.74) is 10.2. The molecule has 10 nitrogen and oxygen atoms in total. The molecule has 4 unspecified atom stereocenters. The number of nitrogens with two attached hydrogens (primary N) is 1. The second-order valence-corrected chi connectivity index (χ2v) is 12.7. The van der Waals surface area contributed by atoms with E-state index >= 15 is 0 Å². The SMILES string of the molecule is CC1CC2CCC(C(=O)Nc3cccc(-c4cnc5c(N6CCOCC6)nc(-c6cnc(N)nc6)nc5c4)c3)(C1)CC2C.